The summed E-state index contributed by atoms with van der Waals surface area (Å²) in [5.41, 5.74) is 1.01. The van der Waals surface area contributed by atoms with Gasteiger partial charge in [-0.3, -0.25) is 0 Å². The molecule has 1 aliphatic carbocycles. The fourth-order valence-corrected chi connectivity index (χ4v) is 3.80. The van der Waals surface area contributed by atoms with E-state index in [0.29, 0.717) is 24.8 Å². The van der Waals surface area contributed by atoms with Gasteiger partial charge in [0.05, 0.1) is 12.7 Å². The molecule has 3 aromatic carbocycles. The number of hydrogen-bond donors (Lipinski definition) is 2. The Morgan fingerprint density at radius 3 is 2.12 bits per heavy atom. The van der Waals surface area contributed by atoms with E-state index in [-0.39, 0.29) is 29.4 Å². The number of halogens is 5. The number of hydrogen-bond acceptors (Lipinski definition) is 3. The minimum Gasteiger partial charge on any atom is -0.505 e. The van der Waals surface area contributed by atoms with Crippen LogP contribution in [-0.2, 0) is 11.3 Å². The van der Waals surface area contributed by atoms with Crippen LogP contribution in [0.3, 0.4) is 0 Å². The summed E-state index contributed by atoms with van der Waals surface area (Å²) in [6.45, 7) is -0.158. The van der Waals surface area contributed by atoms with Gasteiger partial charge in [-0.1, -0.05) is 18.2 Å². The number of rotatable bonds is 5. The molecule has 1 unspecified atom stereocenters. The highest BCUT2D eigenvalue weighted by Gasteiger charge is 2.21. The molecular weight excluding hydrogens is 443 g/mol. The Labute approximate surface area is 186 Å². The van der Waals surface area contributed by atoms with E-state index in [1.165, 1.54) is 18.2 Å². The number of ether oxygens (including phenoxy) is 1. The van der Waals surface area contributed by atoms with Crippen LogP contribution < -0.4 is 0 Å². The minimum absolute atomic E-state index is 0.00404. The van der Waals surface area contributed by atoms with E-state index < -0.39 is 40.6 Å². The molecule has 0 aromatic heterocycles. The molecule has 8 heteroatoms. The van der Waals surface area contributed by atoms with Gasteiger partial charge >= 0.3 is 0 Å². The highest BCUT2D eigenvalue weighted by Crippen LogP contribution is 2.34. The molecule has 0 fully saturated rings. The third kappa shape index (κ3) is 4.57. The topological polar surface area (TPSA) is 49.7 Å². The molecule has 0 radical (unpaired) electrons. The average Bonchev–Trinajstić information content (AvgIpc) is 2.81. The Balaban J connectivity index is 1.44. The molecule has 0 bridgehead atoms. The van der Waals surface area contributed by atoms with Crippen molar-refractivity contribution in [2.45, 2.75) is 32.0 Å². The lowest BCUT2D eigenvalue weighted by Crippen LogP contribution is -2.16. The number of aromatic hydroxyl groups is 2. The van der Waals surface area contributed by atoms with Crippen molar-refractivity contribution >= 4 is 5.57 Å². The van der Waals surface area contributed by atoms with Crippen LogP contribution in [0.1, 0.15) is 30.4 Å². The lowest BCUT2D eigenvalue weighted by molar-refractivity contribution is 0.0342. The molecule has 1 aliphatic rings. The summed E-state index contributed by atoms with van der Waals surface area (Å²) in [7, 11) is 0. The molecule has 3 aromatic rings. The van der Waals surface area contributed by atoms with Crippen molar-refractivity contribution < 1.29 is 36.9 Å². The lowest BCUT2D eigenvalue weighted by atomic mass is 9.90. The van der Waals surface area contributed by atoms with Crippen LogP contribution in [0.15, 0.2) is 48.5 Å². The third-order valence-corrected chi connectivity index (χ3v) is 5.67. The summed E-state index contributed by atoms with van der Waals surface area (Å²) in [5, 5.41) is 18.4. The molecule has 0 amide bonds. The van der Waals surface area contributed by atoms with Crippen LogP contribution in [-0.4, -0.2) is 16.3 Å². The Hall–Kier alpha value is -3.39. The summed E-state index contributed by atoms with van der Waals surface area (Å²) in [6, 6.07) is 8.58. The zero-order chi connectivity index (χ0) is 23.7. The van der Waals surface area contributed by atoms with Crippen molar-refractivity contribution in [1.82, 2.24) is 0 Å². The molecule has 0 saturated carbocycles. The van der Waals surface area contributed by atoms with Gasteiger partial charge in [-0.15, -0.1) is 0 Å². The van der Waals surface area contributed by atoms with Crippen LogP contribution in [0.2, 0.25) is 0 Å². The van der Waals surface area contributed by atoms with Crippen molar-refractivity contribution in [3.05, 3.63) is 88.8 Å². The number of phenolic OH excluding ortho intramolecular Hbond substituents is 2. The van der Waals surface area contributed by atoms with Crippen molar-refractivity contribution in [3.8, 4) is 22.6 Å². The Kier molecular flexibility index (Phi) is 6.37. The van der Waals surface area contributed by atoms with E-state index in [9.17, 15) is 32.2 Å². The van der Waals surface area contributed by atoms with E-state index >= 15 is 0 Å². The van der Waals surface area contributed by atoms with Gasteiger partial charge in [-0.25, -0.2) is 13.2 Å². The molecule has 0 heterocycles. The predicted molar refractivity (Wildman–Crippen MR) is 112 cm³/mol. The van der Waals surface area contributed by atoms with Crippen LogP contribution in [0.25, 0.3) is 16.7 Å². The van der Waals surface area contributed by atoms with Crippen LogP contribution in [0.5, 0.6) is 11.5 Å². The number of phenols is 2. The van der Waals surface area contributed by atoms with E-state index in [0.717, 1.165) is 23.8 Å². The highest BCUT2D eigenvalue weighted by molar-refractivity contribution is 5.72. The Morgan fingerprint density at radius 2 is 1.45 bits per heavy atom. The van der Waals surface area contributed by atoms with Gasteiger partial charge in [-0.2, -0.15) is 8.78 Å². The fourth-order valence-electron chi connectivity index (χ4n) is 3.80. The predicted octanol–water partition coefficient (Wildman–Crippen LogP) is 6.61. The van der Waals surface area contributed by atoms with Crippen LogP contribution >= 0.6 is 0 Å². The zero-order valence-electron chi connectivity index (χ0n) is 17.2. The second-order valence-electron chi connectivity index (χ2n) is 7.76. The highest BCUT2D eigenvalue weighted by atomic mass is 19.2. The third-order valence-electron chi connectivity index (χ3n) is 5.67. The van der Waals surface area contributed by atoms with Gasteiger partial charge in [0.1, 0.15) is 5.82 Å². The molecule has 0 spiro atoms. The Bertz CT molecular complexity index is 1240. The largest absolute Gasteiger partial charge is 0.505 e. The van der Waals surface area contributed by atoms with Crippen molar-refractivity contribution in [3.63, 3.8) is 0 Å². The summed E-state index contributed by atoms with van der Waals surface area (Å²) < 4.78 is 75.4. The molecule has 2 N–H and O–H groups in total. The molecule has 0 aliphatic heterocycles. The van der Waals surface area contributed by atoms with Gasteiger partial charge in [-0.05, 0) is 60.7 Å². The van der Waals surface area contributed by atoms with E-state index in [1.54, 1.807) is 6.07 Å². The van der Waals surface area contributed by atoms with Crippen LogP contribution in [0.4, 0.5) is 22.0 Å². The number of allylic oxidation sites excluding steroid dienone is 1. The van der Waals surface area contributed by atoms with Crippen molar-refractivity contribution in [2.24, 2.45) is 0 Å². The fraction of sp³-hybridized carbons (Fsp3) is 0.200. The first kappa shape index (κ1) is 22.8. The maximum Gasteiger partial charge on any atom is 0.200 e. The quantitative estimate of drug-likeness (QED) is 0.420. The van der Waals surface area contributed by atoms with E-state index in [4.69, 9.17) is 4.74 Å². The molecule has 3 nitrogen and oxygen atoms in total. The molecule has 172 valence electrons. The van der Waals surface area contributed by atoms with Crippen molar-refractivity contribution in [2.75, 3.05) is 0 Å². The van der Waals surface area contributed by atoms with Gasteiger partial charge in [0.15, 0.2) is 23.1 Å². The first-order valence-corrected chi connectivity index (χ1v) is 10.2. The zero-order valence-corrected chi connectivity index (χ0v) is 17.2. The number of benzene rings is 3. The monoisotopic (exact) mass is 462 g/mol. The smallest absolute Gasteiger partial charge is 0.200 e. The molecule has 1 atom stereocenters. The lowest BCUT2D eigenvalue weighted by Gasteiger charge is -2.23. The molecule has 33 heavy (non-hydrogen) atoms. The first-order valence-electron chi connectivity index (χ1n) is 10.2. The van der Waals surface area contributed by atoms with E-state index in [2.05, 4.69) is 0 Å². The first-order chi connectivity index (χ1) is 15.8. The van der Waals surface area contributed by atoms with Gasteiger partial charge in [0.2, 0.25) is 11.6 Å². The molecule has 0 saturated heterocycles. The second-order valence-corrected chi connectivity index (χ2v) is 7.76. The minimum atomic E-state index is -1.44. The molecular formula is C25H19F5O3. The summed E-state index contributed by atoms with van der Waals surface area (Å²) in [5.74, 6) is -7.59. The van der Waals surface area contributed by atoms with Crippen molar-refractivity contribution in [1.29, 1.82) is 0 Å². The normalized spacial score (nSPS) is 16.0. The maximum absolute atomic E-state index is 14.7. The van der Waals surface area contributed by atoms with Crippen LogP contribution in [0, 0.1) is 29.1 Å². The summed E-state index contributed by atoms with van der Waals surface area (Å²) in [4.78, 5) is 0. The average molecular weight is 462 g/mol. The Morgan fingerprint density at radius 1 is 0.788 bits per heavy atom. The van der Waals surface area contributed by atoms with Gasteiger partial charge in [0.25, 0.3) is 0 Å². The maximum atomic E-state index is 14.7. The molecule has 4 rings (SSSR count). The summed E-state index contributed by atoms with van der Waals surface area (Å²) >= 11 is 0. The SMILES string of the molecule is Oc1ccc(COC2CC=C(c3ccc(-c4ccc(O)c(F)c4F)c(F)c3)CC2)c(F)c1F. The summed E-state index contributed by atoms with van der Waals surface area (Å²) in [6.07, 6.45) is 3.19. The second kappa shape index (κ2) is 9.23. The van der Waals surface area contributed by atoms with Gasteiger partial charge < -0.3 is 14.9 Å². The van der Waals surface area contributed by atoms with E-state index in [1.807, 2.05) is 6.08 Å². The van der Waals surface area contributed by atoms with Gasteiger partial charge in [0, 0.05) is 16.7 Å². The standard InChI is InChI=1S/C25H19F5O3/c26-19-11-14(3-7-17(19)18-8-10-21(32)25(30)23(18)28)13-1-5-16(6-2-13)33-12-15-4-9-20(31)24(29)22(15)27/h1,3-4,7-11,16,31-32H,2,5-6,12H2.